The van der Waals surface area contributed by atoms with Crippen molar-refractivity contribution in [2.75, 3.05) is 39.6 Å². The van der Waals surface area contributed by atoms with Gasteiger partial charge in [-0.1, -0.05) is 45.4 Å². The minimum Gasteiger partial charge on any atom is -0.345 e. The van der Waals surface area contributed by atoms with Crippen LogP contribution >= 0.6 is 0 Å². The van der Waals surface area contributed by atoms with Crippen molar-refractivity contribution in [3.8, 4) is 0 Å². The summed E-state index contributed by atoms with van der Waals surface area (Å²) in [7, 11) is 0. The van der Waals surface area contributed by atoms with E-state index < -0.39 is 17.5 Å². The van der Waals surface area contributed by atoms with Gasteiger partial charge in [-0.25, -0.2) is 0 Å². The number of ether oxygens (including phenoxy) is 6. The molecule has 0 atom stereocenters. The van der Waals surface area contributed by atoms with Crippen LogP contribution in [0.5, 0.6) is 0 Å². The van der Waals surface area contributed by atoms with Gasteiger partial charge in [0.15, 0.2) is 0 Å². The summed E-state index contributed by atoms with van der Waals surface area (Å²) in [6.07, 6.45) is 8.47. The predicted octanol–water partition coefficient (Wildman–Crippen LogP) is 5.38. The lowest BCUT2D eigenvalue weighted by atomic mass is 9.94. The van der Waals surface area contributed by atoms with Gasteiger partial charge >= 0.3 is 11.8 Å². The van der Waals surface area contributed by atoms with Gasteiger partial charge in [0.2, 0.25) is 5.79 Å². The molecule has 0 heterocycles. The van der Waals surface area contributed by atoms with Crippen LogP contribution in [0.4, 0.5) is 0 Å². The zero-order chi connectivity index (χ0) is 23.6. The van der Waals surface area contributed by atoms with Crippen LogP contribution in [0.1, 0.15) is 99.8 Å². The lowest BCUT2D eigenvalue weighted by molar-refractivity contribution is -0.545. The predicted molar refractivity (Wildman–Crippen MR) is 123 cm³/mol. The van der Waals surface area contributed by atoms with Gasteiger partial charge in [-0.3, -0.25) is 0 Å². The van der Waals surface area contributed by atoms with Crippen molar-refractivity contribution >= 4 is 0 Å². The van der Waals surface area contributed by atoms with Crippen molar-refractivity contribution < 1.29 is 33.5 Å². The standard InChI is InChI=1S/C24H50O7/c1-8-15-16-17-18-19-20-21-22(26-9-2,27-10-3)23(28-11-4,29-12-5)24(25,30-13-6)31-14-7/h25H,8-21H2,1-7H3. The van der Waals surface area contributed by atoms with E-state index in [1.54, 1.807) is 13.8 Å². The molecule has 31 heavy (non-hydrogen) atoms. The molecule has 0 saturated carbocycles. The molecular formula is C24H50O7. The second-order valence-electron chi connectivity index (χ2n) is 7.42. The second kappa shape index (κ2) is 17.2. The zero-order valence-corrected chi connectivity index (χ0v) is 21.3. The van der Waals surface area contributed by atoms with Gasteiger partial charge in [0.25, 0.3) is 0 Å². The Morgan fingerprint density at radius 3 is 1.26 bits per heavy atom. The van der Waals surface area contributed by atoms with Crippen LogP contribution in [0.25, 0.3) is 0 Å². The molecule has 0 aromatic carbocycles. The van der Waals surface area contributed by atoms with E-state index in [1.807, 2.05) is 27.7 Å². The number of unbranched alkanes of at least 4 members (excludes halogenated alkanes) is 6. The van der Waals surface area contributed by atoms with Crippen LogP contribution in [-0.2, 0) is 28.4 Å². The van der Waals surface area contributed by atoms with Crippen LogP contribution in [0.3, 0.4) is 0 Å². The molecule has 0 aliphatic carbocycles. The highest BCUT2D eigenvalue weighted by Crippen LogP contribution is 2.46. The molecule has 0 aliphatic heterocycles. The summed E-state index contributed by atoms with van der Waals surface area (Å²) in [5.74, 6) is -5.41. The summed E-state index contributed by atoms with van der Waals surface area (Å²) in [5, 5.41) is 11.6. The molecule has 7 heteroatoms. The Morgan fingerprint density at radius 1 is 0.484 bits per heavy atom. The largest absolute Gasteiger partial charge is 0.345 e. The molecule has 0 aromatic rings. The van der Waals surface area contributed by atoms with E-state index in [-0.39, 0.29) is 26.4 Å². The van der Waals surface area contributed by atoms with Gasteiger partial charge in [0.05, 0.1) is 0 Å². The Morgan fingerprint density at radius 2 is 0.871 bits per heavy atom. The van der Waals surface area contributed by atoms with Gasteiger partial charge in [-0.2, -0.15) is 0 Å². The van der Waals surface area contributed by atoms with Gasteiger partial charge in [0, 0.05) is 46.1 Å². The summed E-state index contributed by atoms with van der Waals surface area (Å²) in [6, 6.07) is 0. The Kier molecular flexibility index (Phi) is 17.1. The SMILES string of the molecule is CCCCCCCCCC(OCC)(OCC)C(OCC)(OCC)C(O)(OCC)OCC. The first-order chi connectivity index (χ1) is 14.9. The molecule has 0 saturated heterocycles. The Bertz CT molecular complexity index is 399. The first kappa shape index (κ1) is 30.7. The molecule has 0 aromatic heterocycles. The number of rotatable bonds is 22. The highest BCUT2D eigenvalue weighted by atomic mass is 16.9. The van der Waals surface area contributed by atoms with E-state index in [4.69, 9.17) is 28.4 Å². The molecule has 0 unspecified atom stereocenters. The van der Waals surface area contributed by atoms with Crippen LogP contribution in [0.2, 0.25) is 0 Å². The smallest absolute Gasteiger partial charge is 0.344 e. The minimum absolute atomic E-state index is 0.199. The van der Waals surface area contributed by atoms with Gasteiger partial charge in [-0.05, 0) is 48.0 Å². The fourth-order valence-electron chi connectivity index (χ4n) is 4.04. The van der Waals surface area contributed by atoms with Crippen LogP contribution in [-0.4, -0.2) is 62.3 Å². The topological polar surface area (TPSA) is 75.6 Å². The Hall–Kier alpha value is -0.280. The third-order valence-corrected chi connectivity index (χ3v) is 5.16. The molecule has 0 spiro atoms. The van der Waals surface area contributed by atoms with E-state index in [2.05, 4.69) is 6.92 Å². The summed E-state index contributed by atoms with van der Waals surface area (Å²) < 4.78 is 36.2. The van der Waals surface area contributed by atoms with Crippen molar-refractivity contribution in [1.82, 2.24) is 0 Å². The van der Waals surface area contributed by atoms with E-state index in [1.165, 1.54) is 25.7 Å². The van der Waals surface area contributed by atoms with Crippen molar-refractivity contribution in [3.05, 3.63) is 0 Å². The molecule has 0 aliphatic rings. The van der Waals surface area contributed by atoms with Crippen LogP contribution in [0, 0.1) is 0 Å². The zero-order valence-electron chi connectivity index (χ0n) is 21.3. The Balaban J connectivity index is 6.07. The van der Waals surface area contributed by atoms with Crippen molar-refractivity contribution in [3.63, 3.8) is 0 Å². The maximum absolute atomic E-state index is 11.6. The summed E-state index contributed by atoms with van der Waals surface area (Å²) >= 11 is 0. The summed E-state index contributed by atoms with van der Waals surface area (Å²) in [6.45, 7) is 14.8. The van der Waals surface area contributed by atoms with Gasteiger partial charge in [-0.15, -0.1) is 0 Å². The Labute approximate surface area is 191 Å². The number of aliphatic hydroxyl groups is 1. The number of hydrogen-bond donors (Lipinski definition) is 1. The van der Waals surface area contributed by atoms with E-state index in [0.717, 1.165) is 19.3 Å². The second-order valence-corrected chi connectivity index (χ2v) is 7.42. The third-order valence-electron chi connectivity index (χ3n) is 5.16. The highest BCUT2D eigenvalue weighted by molar-refractivity contribution is 4.97. The molecular weight excluding hydrogens is 400 g/mol. The van der Waals surface area contributed by atoms with Gasteiger partial charge in [0.1, 0.15) is 0 Å². The van der Waals surface area contributed by atoms with Crippen molar-refractivity contribution in [2.24, 2.45) is 0 Å². The molecule has 0 fully saturated rings. The van der Waals surface area contributed by atoms with E-state index >= 15 is 0 Å². The fraction of sp³-hybridized carbons (Fsp3) is 1.00. The van der Waals surface area contributed by atoms with Crippen LogP contribution in [0.15, 0.2) is 0 Å². The quantitative estimate of drug-likeness (QED) is 0.175. The molecule has 188 valence electrons. The van der Waals surface area contributed by atoms with Gasteiger partial charge < -0.3 is 33.5 Å². The normalized spacial score (nSPS) is 13.2. The third kappa shape index (κ3) is 8.54. The van der Waals surface area contributed by atoms with Crippen LogP contribution < -0.4 is 0 Å². The lowest BCUT2D eigenvalue weighted by Crippen LogP contribution is -2.74. The van der Waals surface area contributed by atoms with Crippen molar-refractivity contribution in [2.45, 2.75) is 117 Å². The maximum Gasteiger partial charge on any atom is 0.344 e. The van der Waals surface area contributed by atoms with E-state index in [0.29, 0.717) is 19.6 Å². The van der Waals surface area contributed by atoms with E-state index in [9.17, 15) is 5.11 Å². The molecule has 7 nitrogen and oxygen atoms in total. The monoisotopic (exact) mass is 450 g/mol. The summed E-state index contributed by atoms with van der Waals surface area (Å²) in [5.41, 5.74) is 0. The minimum atomic E-state index is -2.20. The van der Waals surface area contributed by atoms with Crippen molar-refractivity contribution in [1.29, 1.82) is 0 Å². The lowest BCUT2D eigenvalue weighted by Gasteiger charge is -2.53. The summed E-state index contributed by atoms with van der Waals surface area (Å²) in [4.78, 5) is 0. The molecule has 1 N–H and O–H groups in total. The molecule has 0 amide bonds. The molecule has 0 rings (SSSR count). The molecule has 0 radical (unpaired) electrons. The first-order valence-electron chi connectivity index (χ1n) is 12.5. The maximum atomic E-state index is 11.6. The average Bonchev–Trinajstić information content (AvgIpc) is 2.73. The average molecular weight is 451 g/mol. The first-order valence-corrected chi connectivity index (χ1v) is 12.5. The fourth-order valence-corrected chi connectivity index (χ4v) is 4.04. The highest BCUT2D eigenvalue weighted by Gasteiger charge is 2.70. The molecule has 0 bridgehead atoms. The number of hydrogen-bond acceptors (Lipinski definition) is 7.